The molecule has 0 bridgehead atoms. The zero-order valence-corrected chi connectivity index (χ0v) is 9.17. The molecule has 3 atom stereocenters. The van der Waals surface area contributed by atoms with Crippen molar-refractivity contribution in [2.24, 2.45) is 5.92 Å². The molecule has 2 aliphatic heterocycles. The smallest absolute Gasteiger partial charge is 0.228 e. The molecule has 4 heteroatoms. The van der Waals surface area contributed by atoms with Crippen molar-refractivity contribution in [2.45, 2.75) is 31.2 Å². The van der Waals surface area contributed by atoms with E-state index in [9.17, 15) is 4.79 Å². The van der Waals surface area contributed by atoms with Crippen molar-refractivity contribution in [3.05, 3.63) is 0 Å². The summed E-state index contributed by atoms with van der Waals surface area (Å²) in [4.78, 5) is 13.9. The molecule has 2 heterocycles. The zero-order valence-electron chi connectivity index (χ0n) is 8.41. The summed E-state index contributed by atoms with van der Waals surface area (Å²) in [6, 6.07) is 0. The van der Waals surface area contributed by atoms with Gasteiger partial charge in [0.15, 0.2) is 0 Å². The molecule has 0 aromatic carbocycles. The van der Waals surface area contributed by atoms with Gasteiger partial charge in [0.05, 0.1) is 17.4 Å². The third kappa shape index (κ3) is 1.89. The number of ether oxygens (including phenoxy) is 1. The molecule has 0 aromatic rings. The Balaban J connectivity index is 1.94. The maximum atomic E-state index is 12.0. The summed E-state index contributed by atoms with van der Waals surface area (Å²) in [7, 11) is 0. The number of amides is 1. The summed E-state index contributed by atoms with van der Waals surface area (Å²) in [6.45, 7) is 4.22. The normalized spacial score (nSPS) is 37.9. The molecule has 3 nitrogen and oxygen atoms in total. The first-order valence-corrected chi connectivity index (χ1v) is 5.66. The fourth-order valence-electron chi connectivity index (χ4n) is 2.21. The van der Waals surface area contributed by atoms with Gasteiger partial charge in [-0.3, -0.25) is 4.79 Å². The van der Waals surface area contributed by atoms with Gasteiger partial charge in [0.25, 0.3) is 0 Å². The van der Waals surface area contributed by atoms with E-state index in [-0.39, 0.29) is 23.3 Å². The number of alkyl halides is 1. The van der Waals surface area contributed by atoms with Crippen LogP contribution in [-0.4, -0.2) is 42.0 Å². The summed E-state index contributed by atoms with van der Waals surface area (Å²) in [5, 5.41) is 0.150. The second-order valence-electron chi connectivity index (χ2n) is 4.14. The van der Waals surface area contributed by atoms with Crippen LogP contribution < -0.4 is 0 Å². The SMILES string of the molecule is CC1OCCC1C(=O)N1CCC(Cl)C1. The molecular weight excluding hydrogens is 202 g/mol. The minimum absolute atomic E-state index is 0.0666. The lowest BCUT2D eigenvalue weighted by atomic mass is 10.0. The quantitative estimate of drug-likeness (QED) is 0.619. The monoisotopic (exact) mass is 217 g/mol. The van der Waals surface area contributed by atoms with Gasteiger partial charge in [-0.25, -0.2) is 0 Å². The predicted molar refractivity (Wildman–Crippen MR) is 54.4 cm³/mol. The number of likely N-dealkylation sites (tertiary alicyclic amines) is 1. The van der Waals surface area contributed by atoms with E-state index in [0.717, 1.165) is 26.0 Å². The summed E-state index contributed by atoms with van der Waals surface area (Å²) >= 11 is 5.97. The molecule has 2 saturated heterocycles. The zero-order chi connectivity index (χ0) is 10.1. The average molecular weight is 218 g/mol. The molecule has 2 fully saturated rings. The van der Waals surface area contributed by atoms with Crippen molar-refractivity contribution in [1.82, 2.24) is 4.90 Å². The number of carbonyl (C=O) groups is 1. The van der Waals surface area contributed by atoms with Gasteiger partial charge in [0.1, 0.15) is 0 Å². The van der Waals surface area contributed by atoms with Crippen molar-refractivity contribution in [1.29, 1.82) is 0 Å². The van der Waals surface area contributed by atoms with E-state index in [2.05, 4.69) is 0 Å². The highest BCUT2D eigenvalue weighted by molar-refractivity contribution is 6.21. The lowest BCUT2D eigenvalue weighted by Crippen LogP contribution is -2.37. The fraction of sp³-hybridized carbons (Fsp3) is 0.900. The molecule has 0 saturated carbocycles. The highest BCUT2D eigenvalue weighted by atomic mass is 35.5. The summed E-state index contributed by atoms with van der Waals surface area (Å²) in [5.74, 6) is 0.301. The van der Waals surface area contributed by atoms with Gasteiger partial charge in [-0.1, -0.05) is 0 Å². The van der Waals surface area contributed by atoms with Crippen LogP contribution in [0.15, 0.2) is 0 Å². The van der Waals surface area contributed by atoms with Gasteiger partial charge < -0.3 is 9.64 Å². The number of carbonyl (C=O) groups excluding carboxylic acids is 1. The third-order valence-corrected chi connectivity index (χ3v) is 3.49. The molecule has 80 valence electrons. The van der Waals surface area contributed by atoms with Crippen molar-refractivity contribution in [3.63, 3.8) is 0 Å². The molecular formula is C10H16ClNO2. The summed E-state index contributed by atoms with van der Waals surface area (Å²) < 4.78 is 5.39. The number of hydrogen-bond donors (Lipinski definition) is 0. The van der Waals surface area contributed by atoms with Gasteiger partial charge in [0.2, 0.25) is 5.91 Å². The van der Waals surface area contributed by atoms with E-state index >= 15 is 0 Å². The van der Waals surface area contributed by atoms with Crippen LogP contribution in [0.5, 0.6) is 0 Å². The number of halogens is 1. The second kappa shape index (κ2) is 4.07. The second-order valence-corrected chi connectivity index (χ2v) is 4.76. The van der Waals surface area contributed by atoms with Crippen molar-refractivity contribution in [3.8, 4) is 0 Å². The molecule has 0 spiro atoms. The van der Waals surface area contributed by atoms with E-state index in [1.54, 1.807) is 0 Å². The Bertz CT molecular complexity index is 234. The van der Waals surface area contributed by atoms with E-state index < -0.39 is 0 Å². The molecule has 0 aromatic heterocycles. The summed E-state index contributed by atoms with van der Waals surface area (Å²) in [5.41, 5.74) is 0. The van der Waals surface area contributed by atoms with Crippen LogP contribution in [0.4, 0.5) is 0 Å². The van der Waals surface area contributed by atoms with Crippen LogP contribution in [0.1, 0.15) is 19.8 Å². The maximum absolute atomic E-state index is 12.0. The van der Waals surface area contributed by atoms with E-state index in [0.29, 0.717) is 6.54 Å². The van der Waals surface area contributed by atoms with Crippen LogP contribution in [0, 0.1) is 5.92 Å². The number of rotatable bonds is 1. The first-order chi connectivity index (χ1) is 6.68. The Hall–Kier alpha value is -0.280. The summed E-state index contributed by atoms with van der Waals surface area (Å²) in [6.07, 6.45) is 1.87. The van der Waals surface area contributed by atoms with E-state index in [1.807, 2.05) is 11.8 Å². The minimum atomic E-state index is 0.0666. The number of nitrogens with zero attached hydrogens (tertiary/aromatic N) is 1. The van der Waals surface area contributed by atoms with Crippen LogP contribution in [0.25, 0.3) is 0 Å². The number of hydrogen-bond acceptors (Lipinski definition) is 2. The average Bonchev–Trinajstić information content (AvgIpc) is 2.73. The first kappa shape index (κ1) is 10.2. The Morgan fingerprint density at radius 2 is 2.29 bits per heavy atom. The van der Waals surface area contributed by atoms with Crippen LogP contribution in [0.3, 0.4) is 0 Å². The molecule has 2 aliphatic rings. The highest BCUT2D eigenvalue weighted by Gasteiger charge is 2.36. The van der Waals surface area contributed by atoms with Crippen LogP contribution in [0.2, 0.25) is 0 Å². The molecule has 0 radical (unpaired) electrons. The van der Waals surface area contributed by atoms with E-state index in [1.165, 1.54) is 0 Å². The standard InChI is InChI=1S/C10H16ClNO2/c1-7-9(3-5-14-7)10(13)12-4-2-8(11)6-12/h7-9H,2-6H2,1H3. The Kier molecular flexibility index (Phi) is 2.98. The lowest BCUT2D eigenvalue weighted by molar-refractivity contribution is -0.135. The predicted octanol–water partition coefficient (Wildman–Crippen LogP) is 1.25. The molecule has 14 heavy (non-hydrogen) atoms. The molecule has 3 unspecified atom stereocenters. The minimum Gasteiger partial charge on any atom is -0.378 e. The van der Waals surface area contributed by atoms with Crippen molar-refractivity contribution >= 4 is 17.5 Å². The van der Waals surface area contributed by atoms with Gasteiger partial charge in [-0.05, 0) is 19.8 Å². The topological polar surface area (TPSA) is 29.5 Å². The maximum Gasteiger partial charge on any atom is 0.228 e. The van der Waals surface area contributed by atoms with Gasteiger partial charge in [-0.2, -0.15) is 0 Å². The fourth-order valence-corrected chi connectivity index (χ4v) is 2.47. The highest BCUT2D eigenvalue weighted by Crippen LogP contribution is 2.25. The van der Waals surface area contributed by atoms with Gasteiger partial charge >= 0.3 is 0 Å². The molecule has 0 N–H and O–H groups in total. The van der Waals surface area contributed by atoms with Crippen LogP contribution in [-0.2, 0) is 9.53 Å². The Morgan fingerprint density at radius 1 is 1.50 bits per heavy atom. The van der Waals surface area contributed by atoms with Crippen molar-refractivity contribution < 1.29 is 9.53 Å². The Morgan fingerprint density at radius 3 is 2.79 bits per heavy atom. The molecule has 2 rings (SSSR count). The van der Waals surface area contributed by atoms with E-state index in [4.69, 9.17) is 16.3 Å². The van der Waals surface area contributed by atoms with Crippen LogP contribution >= 0.6 is 11.6 Å². The van der Waals surface area contributed by atoms with Crippen molar-refractivity contribution in [2.75, 3.05) is 19.7 Å². The molecule has 1 amide bonds. The van der Waals surface area contributed by atoms with Gasteiger partial charge in [0, 0.05) is 19.7 Å². The lowest BCUT2D eigenvalue weighted by Gasteiger charge is -2.21. The first-order valence-electron chi connectivity index (χ1n) is 5.23. The third-order valence-electron chi connectivity index (χ3n) is 3.14. The largest absolute Gasteiger partial charge is 0.378 e. The Labute approximate surface area is 89.4 Å². The molecule has 0 aliphatic carbocycles. The van der Waals surface area contributed by atoms with Gasteiger partial charge in [-0.15, -0.1) is 11.6 Å².